The Labute approximate surface area is 188 Å². The van der Waals surface area contributed by atoms with E-state index in [4.69, 9.17) is 16.3 Å². The maximum Gasteiger partial charge on any atom is 0.251 e. The molecule has 0 unspecified atom stereocenters. The number of rotatable bonds is 9. The number of anilines is 1. The van der Waals surface area contributed by atoms with Crippen molar-refractivity contribution in [2.75, 3.05) is 16.9 Å². The van der Waals surface area contributed by atoms with Crippen LogP contribution in [0.3, 0.4) is 0 Å². The van der Waals surface area contributed by atoms with Crippen molar-refractivity contribution >= 4 is 39.9 Å². The molecule has 11 heteroatoms. The molecule has 9 nitrogen and oxygen atoms in total. The molecular weight excluding hydrogens is 436 g/mol. The number of amides is 2. The minimum absolute atomic E-state index is 0.0433. The number of benzene rings is 1. The zero-order valence-corrected chi connectivity index (χ0v) is 19.0. The van der Waals surface area contributed by atoms with Crippen LogP contribution in [0, 0.1) is 6.92 Å². The Morgan fingerprint density at radius 2 is 2.06 bits per heavy atom. The molecule has 2 amide bonds. The van der Waals surface area contributed by atoms with E-state index in [1.54, 1.807) is 11.4 Å². The Balaban J connectivity index is 1.59. The molecule has 0 radical (unpaired) electrons. The lowest BCUT2D eigenvalue weighted by atomic mass is 10.0. The molecule has 5 N–H and O–H groups in total. The van der Waals surface area contributed by atoms with Crippen molar-refractivity contribution in [1.29, 1.82) is 0 Å². The summed E-state index contributed by atoms with van der Waals surface area (Å²) in [5, 5.41) is 13.3. The highest BCUT2D eigenvalue weighted by molar-refractivity contribution is 7.99. The lowest BCUT2D eigenvalue weighted by Gasteiger charge is -2.14. The van der Waals surface area contributed by atoms with E-state index in [0.29, 0.717) is 21.9 Å². The molecule has 0 aliphatic heterocycles. The topological polar surface area (TPSA) is 138 Å². The van der Waals surface area contributed by atoms with Gasteiger partial charge in [-0.25, -0.2) is 4.68 Å². The largest absolute Gasteiger partial charge is 0.485 e. The molecule has 3 aromatic rings. The van der Waals surface area contributed by atoms with Crippen LogP contribution >= 0.6 is 23.1 Å². The molecule has 0 saturated heterocycles. The SMILES string of the molecule is Cc1ccc(C(C)C)c(OCc2nnc(SCC(=O)Nc3sccc3C(N)=O)n2N)c1. The van der Waals surface area contributed by atoms with Crippen LogP contribution in [0.15, 0.2) is 34.8 Å². The van der Waals surface area contributed by atoms with E-state index < -0.39 is 5.91 Å². The quantitative estimate of drug-likeness (QED) is 0.330. The summed E-state index contributed by atoms with van der Waals surface area (Å²) in [5.74, 6) is 6.76. The highest BCUT2D eigenvalue weighted by Crippen LogP contribution is 2.28. The molecule has 3 rings (SSSR count). The van der Waals surface area contributed by atoms with Crippen molar-refractivity contribution in [2.45, 2.75) is 38.5 Å². The van der Waals surface area contributed by atoms with Gasteiger partial charge in [0.1, 0.15) is 17.4 Å². The lowest BCUT2D eigenvalue weighted by molar-refractivity contribution is -0.113. The number of nitrogen functional groups attached to an aromatic ring is 1. The number of aromatic nitrogens is 3. The van der Waals surface area contributed by atoms with Gasteiger partial charge in [-0.1, -0.05) is 37.7 Å². The zero-order valence-electron chi connectivity index (χ0n) is 17.4. The third-order valence-corrected chi connectivity index (χ3v) is 6.17. The van der Waals surface area contributed by atoms with Gasteiger partial charge in [-0.3, -0.25) is 9.59 Å². The predicted molar refractivity (Wildman–Crippen MR) is 122 cm³/mol. The van der Waals surface area contributed by atoms with Crippen LogP contribution in [-0.2, 0) is 11.4 Å². The Bertz CT molecular complexity index is 1090. The van der Waals surface area contributed by atoms with Crippen LogP contribution in [0.25, 0.3) is 0 Å². The fourth-order valence-corrected chi connectivity index (χ4v) is 4.27. The van der Waals surface area contributed by atoms with E-state index >= 15 is 0 Å². The highest BCUT2D eigenvalue weighted by Gasteiger charge is 2.16. The molecule has 1 aromatic carbocycles. The summed E-state index contributed by atoms with van der Waals surface area (Å²) in [6, 6.07) is 7.66. The first-order valence-corrected chi connectivity index (χ1v) is 11.4. The lowest BCUT2D eigenvalue weighted by Crippen LogP contribution is -2.19. The van der Waals surface area contributed by atoms with Crippen molar-refractivity contribution in [3.8, 4) is 5.75 Å². The number of hydrogen-bond acceptors (Lipinski definition) is 8. The van der Waals surface area contributed by atoms with Gasteiger partial charge in [0.2, 0.25) is 11.1 Å². The Hall–Kier alpha value is -3.05. The molecule has 2 aromatic heterocycles. The van der Waals surface area contributed by atoms with Crippen LogP contribution in [0.2, 0.25) is 0 Å². The van der Waals surface area contributed by atoms with Gasteiger partial charge in [0.15, 0.2) is 5.82 Å². The molecule has 0 saturated carbocycles. The van der Waals surface area contributed by atoms with Gasteiger partial charge in [0, 0.05) is 0 Å². The number of thiophene rings is 1. The van der Waals surface area contributed by atoms with Crippen LogP contribution < -0.4 is 21.6 Å². The predicted octanol–water partition coefficient (Wildman–Crippen LogP) is 2.89. The van der Waals surface area contributed by atoms with Crippen molar-refractivity contribution in [1.82, 2.24) is 14.9 Å². The number of primary amides is 1. The van der Waals surface area contributed by atoms with Gasteiger partial charge in [-0.05, 0) is 41.5 Å². The van der Waals surface area contributed by atoms with Crippen LogP contribution in [0.5, 0.6) is 5.75 Å². The molecule has 2 heterocycles. The molecule has 0 aliphatic carbocycles. The minimum atomic E-state index is -0.593. The number of nitrogens with two attached hydrogens (primary N) is 2. The van der Waals surface area contributed by atoms with E-state index in [1.807, 2.05) is 13.0 Å². The normalized spacial score (nSPS) is 11.0. The fraction of sp³-hybridized carbons (Fsp3) is 0.300. The molecular formula is C20H24N6O3S2. The standard InChI is InChI=1S/C20H24N6O3S2/c1-11(2)13-5-4-12(3)8-15(13)29-9-16-24-25-20(26(16)22)31-10-17(27)23-19-14(18(21)28)6-7-30-19/h4-8,11H,9-10,22H2,1-3H3,(H2,21,28)(H,23,27). The third-order valence-electron chi connectivity index (χ3n) is 4.40. The first-order valence-electron chi connectivity index (χ1n) is 9.49. The summed E-state index contributed by atoms with van der Waals surface area (Å²) in [7, 11) is 0. The molecule has 31 heavy (non-hydrogen) atoms. The van der Waals surface area contributed by atoms with Gasteiger partial charge in [-0.15, -0.1) is 21.5 Å². The minimum Gasteiger partial charge on any atom is -0.485 e. The molecule has 0 fully saturated rings. The highest BCUT2D eigenvalue weighted by atomic mass is 32.2. The zero-order chi connectivity index (χ0) is 22.5. The maximum atomic E-state index is 12.2. The molecule has 0 spiro atoms. The van der Waals surface area contributed by atoms with Gasteiger partial charge in [-0.2, -0.15) is 0 Å². The van der Waals surface area contributed by atoms with Crippen LogP contribution in [0.4, 0.5) is 5.00 Å². The van der Waals surface area contributed by atoms with E-state index in [9.17, 15) is 9.59 Å². The number of nitrogens with zero attached hydrogens (tertiary/aromatic N) is 3. The van der Waals surface area contributed by atoms with Gasteiger partial charge < -0.3 is 21.6 Å². The average Bonchev–Trinajstić information content (AvgIpc) is 3.31. The van der Waals surface area contributed by atoms with Gasteiger partial charge in [0.25, 0.3) is 5.91 Å². The fourth-order valence-electron chi connectivity index (χ4n) is 2.78. The van der Waals surface area contributed by atoms with Crippen molar-refractivity contribution in [3.63, 3.8) is 0 Å². The number of thioether (sulfide) groups is 1. The van der Waals surface area contributed by atoms with Crippen LogP contribution in [-0.4, -0.2) is 32.4 Å². The summed E-state index contributed by atoms with van der Waals surface area (Å²) in [6.07, 6.45) is 0. The van der Waals surface area contributed by atoms with Crippen molar-refractivity contribution < 1.29 is 14.3 Å². The first-order chi connectivity index (χ1) is 14.8. The first kappa shape index (κ1) is 22.6. The molecule has 0 atom stereocenters. The molecule has 0 bridgehead atoms. The Kier molecular flexibility index (Phi) is 7.18. The molecule has 0 aliphatic rings. The van der Waals surface area contributed by atoms with E-state index in [1.165, 1.54) is 16.0 Å². The number of hydrogen-bond donors (Lipinski definition) is 3. The Morgan fingerprint density at radius 3 is 2.77 bits per heavy atom. The van der Waals surface area contributed by atoms with Crippen molar-refractivity contribution in [3.05, 3.63) is 52.2 Å². The summed E-state index contributed by atoms with van der Waals surface area (Å²) >= 11 is 2.36. The van der Waals surface area contributed by atoms with E-state index in [0.717, 1.165) is 28.6 Å². The van der Waals surface area contributed by atoms with Gasteiger partial charge >= 0.3 is 0 Å². The van der Waals surface area contributed by atoms with Crippen molar-refractivity contribution in [2.24, 2.45) is 5.73 Å². The summed E-state index contributed by atoms with van der Waals surface area (Å²) in [6.45, 7) is 6.36. The monoisotopic (exact) mass is 460 g/mol. The van der Waals surface area contributed by atoms with Gasteiger partial charge in [0.05, 0.1) is 11.3 Å². The maximum absolute atomic E-state index is 12.2. The second kappa shape index (κ2) is 9.84. The number of ether oxygens (including phenoxy) is 1. The second-order valence-electron chi connectivity index (χ2n) is 7.12. The number of carbonyl (C=O) groups is 2. The average molecular weight is 461 g/mol. The molecule has 164 valence electrons. The number of aryl methyl sites for hydroxylation is 1. The number of carbonyl (C=O) groups excluding carboxylic acids is 2. The summed E-state index contributed by atoms with van der Waals surface area (Å²) in [4.78, 5) is 23.6. The smallest absolute Gasteiger partial charge is 0.251 e. The third kappa shape index (κ3) is 5.56. The summed E-state index contributed by atoms with van der Waals surface area (Å²) in [5.41, 5.74) is 7.77. The number of nitrogens with one attached hydrogen (secondary N) is 1. The van der Waals surface area contributed by atoms with E-state index in [-0.39, 0.29) is 23.8 Å². The summed E-state index contributed by atoms with van der Waals surface area (Å²) < 4.78 is 7.26. The Morgan fingerprint density at radius 1 is 1.29 bits per heavy atom. The van der Waals surface area contributed by atoms with Crippen LogP contribution in [0.1, 0.15) is 47.1 Å². The van der Waals surface area contributed by atoms with E-state index in [2.05, 4.69) is 41.5 Å². The second-order valence-corrected chi connectivity index (χ2v) is 8.98.